The van der Waals surface area contributed by atoms with E-state index in [0.717, 1.165) is 22.7 Å². The molecule has 2 spiro atoms. The highest BCUT2D eigenvalue weighted by atomic mass is 79.9. The van der Waals surface area contributed by atoms with Crippen molar-refractivity contribution in [2.45, 2.75) is 154 Å². The fourth-order valence-corrected chi connectivity index (χ4v) is 22.1. The molecule has 0 bridgehead atoms. The third-order valence-electron chi connectivity index (χ3n) is 28.0. The first-order valence-corrected chi connectivity index (χ1v) is 44.8. The molecular weight excluding hydrogens is 1550 g/mol. The highest BCUT2D eigenvalue weighted by molar-refractivity contribution is 9.10. The average Bonchev–Trinajstić information content (AvgIpc) is 1.50. The number of hydrogen-bond acceptors (Lipinski definition) is 2. The van der Waals surface area contributed by atoms with Crippen LogP contribution in [0.1, 0.15) is 200 Å². The summed E-state index contributed by atoms with van der Waals surface area (Å²) in [6.07, 6.45) is 0. The summed E-state index contributed by atoms with van der Waals surface area (Å²) in [6.45, 7) is 37.4. The number of nitrogens with one attached hydrogen (secondary N) is 1. The Balaban J connectivity index is 0.000000130. The molecule has 0 fully saturated rings. The van der Waals surface area contributed by atoms with Crippen LogP contribution in [-0.2, 0) is 43.3 Å². The molecule has 3 heteroatoms. The van der Waals surface area contributed by atoms with Gasteiger partial charge in [-0.25, -0.2) is 0 Å². The van der Waals surface area contributed by atoms with Crippen molar-refractivity contribution in [3.05, 3.63) is 445 Å². The summed E-state index contributed by atoms with van der Waals surface area (Å²) in [7, 11) is 0. The van der Waals surface area contributed by atoms with Gasteiger partial charge in [-0.3, -0.25) is 0 Å². The molecule has 16 aromatic rings. The van der Waals surface area contributed by atoms with Gasteiger partial charge in [0.25, 0.3) is 0 Å². The number of rotatable bonds is 7. The van der Waals surface area contributed by atoms with Crippen LogP contribution in [0.25, 0.3) is 89.0 Å². The van der Waals surface area contributed by atoms with Crippen molar-refractivity contribution in [1.29, 1.82) is 0 Å². The number of halogens is 1. The Morgan fingerprint density at radius 1 is 0.228 bits per heavy atom. The number of nitrogens with zero attached hydrogens (tertiary/aromatic N) is 1. The van der Waals surface area contributed by atoms with E-state index in [2.05, 4.69) is 483 Å². The van der Waals surface area contributed by atoms with Gasteiger partial charge in [0, 0.05) is 43.6 Å². The summed E-state index contributed by atoms with van der Waals surface area (Å²) >= 11 is 4.01. The molecule has 123 heavy (non-hydrogen) atoms. The van der Waals surface area contributed by atoms with Crippen LogP contribution >= 0.6 is 15.9 Å². The summed E-state index contributed by atoms with van der Waals surface area (Å²) < 4.78 is 1.18. The Kier molecular flexibility index (Phi) is 18.6. The van der Waals surface area contributed by atoms with Crippen LogP contribution in [0.15, 0.2) is 356 Å². The fraction of sp³-hybridized carbons (Fsp3) is 0.200. The molecule has 0 radical (unpaired) electrons. The second-order valence-corrected chi connectivity index (χ2v) is 41.0. The molecule has 2 nitrogen and oxygen atoms in total. The fourth-order valence-electron chi connectivity index (χ4n) is 21.5. The van der Waals surface area contributed by atoms with Gasteiger partial charge in [-0.15, -0.1) is 0 Å². The maximum absolute atomic E-state index is 4.01. The zero-order valence-electron chi connectivity index (χ0n) is 73.8. The lowest BCUT2D eigenvalue weighted by atomic mass is 9.68. The van der Waals surface area contributed by atoms with Crippen molar-refractivity contribution in [2.75, 3.05) is 10.2 Å². The molecule has 0 amide bonds. The molecule has 0 saturated carbocycles. The molecule has 0 unspecified atom stereocenters. The Labute approximate surface area is 737 Å². The van der Waals surface area contributed by atoms with Crippen LogP contribution in [0, 0.1) is 0 Å². The summed E-state index contributed by atoms with van der Waals surface area (Å²) in [4.78, 5) is 2.57. The van der Waals surface area contributed by atoms with Crippen molar-refractivity contribution in [1.82, 2.24) is 0 Å². The molecule has 6 aliphatic rings. The van der Waals surface area contributed by atoms with Gasteiger partial charge in [-0.1, -0.05) is 418 Å². The smallest absolute Gasteiger partial charge is 0.0746 e. The monoisotopic (exact) mass is 1650 g/mol. The van der Waals surface area contributed by atoms with Crippen LogP contribution < -0.4 is 10.2 Å². The van der Waals surface area contributed by atoms with Crippen molar-refractivity contribution >= 4 is 44.4 Å². The number of fused-ring (bicyclic) bond motifs is 26. The molecule has 0 heterocycles. The molecule has 16 aromatic carbocycles. The lowest BCUT2D eigenvalue weighted by Crippen LogP contribution is -2.29. The minimum atomic E-state index is -0.551. The highest BCUT2D eigenvalue weighted by Crippen LogP contribution is 2.68. The summed E-state index contributed by atoms with van der Waals surface area (Å²) in [5, 5.41) is 3.58. The number of anilines is 5. The quantitative estimate of drug-likeness (QED) is 0.171. The summed E-state index contributed by atoms with van der Waals surface area (Å²) in [6, 6.07) is 132. The lowest BCUT2D eigenvalue weighted by molar-refractivity contribution is 0.586. The third kappa shape index (κ3) is 12.6. The molecule has 0 aliphatic heterocycles. The maximum Gasteiger partial charge on any atom is 0.0746 e. The molecule has 604 valence electrons. The van der Waals surface area contributed by atoms with E-state index in [9.17, 15) is 0 Å². The minimum Gasteiger partial charge on any atom is -0.356 e. The molecule has 0 atom stereocenters. The van der Waals surface area contributed by atoms with Gasteiger partial charge in [0.05, 0.1) is 16.5 Å². The van der Waals surface area contributed by atoms with Gasteiger partial charge in [0.15, 0.2) is 0 Å². The normalized spacial score (nSPS) is 14.6. The zero-order valence-corrected chi connectivity index (χ0v) is 75.4. The van der Waals surface area contributed by atoms with Gasteiger partial charge < -0.3 is 10.2 Å². The standard InChI is InChI=1S/C60H53N.C33H31Br.C27H23N/c1-57(2,3)40-27-32-47-48-33-28-41(58(4,5)6)36-54(48)60(53(47)35-40)51-23-15-13-20-45(51)49-21-16-24-55(56(49)60)61(42-29-25-39(26-30-42)38-17-10-9-11-18-38)43-31-34-46-44-19-12-14-22-50(44)59(7,8)52(46)37-43;1-31(2,3)20-14-16-23-24-17-15-21(32(4,5)6)19-28(24)33(27(23)18-20)26-12-8-7-10-22(26)25-11-9-13-29(34)30(25)33;1-27(2)25-11-7-6-10-23(25)24-17-16-22(18-26(24)27)28-21-14-12-20(13-15-21)19-8-4-3-5-9-19/h9-37H,1-8H3;7-19H,1-6H3;3-18,28H,1-2H3. The topological polar surface area (TPSA) is 15.3 Å². The molecule has 6 aliphatic carbocycles. The largest absolute Gasteiger partial charge is 0.356 e. The van der Waals surface area contributed by atoms with Crippen LogP contribution in [0.2, 0.25) is 0 Å². The molecule has 0 saturated heterocycles. The maximum atomic E-state index is 4.01. The van der Waals surface area contributed by atoms with Crippen molar-refractivity contribution < 1.29 is 0 Å². The number of benzene rings is 16. The van der Waals surface area contributed by atoms with Crippen molar-refractivity contribution in [3.8, 4) is 89.0 Å². The molecular formula is C120H107BrN2. The van der Waals surface area contributed by atoms with E-state index in [-0.39, 0.29) is 37.9 Å². The van der Waals surface area contributed by atoms with E-state index in [1.54, 1.807) is 0 Å². The molecule has 0 aromatic heterocycles. The second kappa shape index (κ2) is 28.9. The number of hydrogen-bond donors (Lipinski definition) is 1. The highest BCUT2D eigenvalue weighted by Gasteiger charge is 2.56. The molecule has 22 rings (SSSR count). The van der Waals surface area contributed by atoms with Crippen LogP contribution in [0.4, 0.5) is 28.4 Å². The minimum absolute atomic E-state index is 0.0244. The first-order valence-electron chi connectivity index (χ1n) is 44.0. The van der Waals surface area contributed by atoms with E-state index in [4.69, 9.17) is 0 Å². The van der Waals surface area contributed by atoms with Gasteiger partial charge in [-0.05, 0) is 255 Å². The van der Waals surface area contributed by atoms with Gasteiger partial charge in [-0.2, -0.15) is 0 Å². The van der Waals surface area contributed by atoms with Crippen molar-refractivity contribution in [2.24, 2.45) is 0 Å². The Hall–Kier alpha value is -12.4. The molecule has 1 N–H and O–H groups in total. The first-order chi connectivity index (χ1) is 58.9. The Morgan fingerprint density at radius 3 is 0.959 bits per heavy atom. The van der Waals surface area contributed by atoms with E-state index in [1.165, 1.54) is 188 Å². The van der Waals surface area contributed by atoms with Crippen LogP contribution in [0.3, 0.4) is 0 Å². The predicted molar refractivity (Wildman–Crippen MR) is 525 cm³/mol. The van der Waals surface area contributed by atoms with E-state index >= 15 is 0 Å². The first kappa shape index (κ1) is 79.1. The van der Waals surface area contributed by atoms with Crippen LogP contribution in [0.5, 0.6) is 0 Å². The lowest BCUT2D eigenvalue weighted by Gasteiger charge is -2.37. The van der Waals surface area contributed by atoms with E-state index < -0.39 is 5.41 Å². The Morgan fingerprint density at radius 2 is 0.528 bits per heavy atom. The van der Waals surface area contributed by atoms with Gasteiger partial charge in [0.1, 0.15) is 0 Å². The average molecular weight is 1660 g/mol. The van der Waals surface area contributed by atoms with Crippen molar-refractivity contribution in [3.63, 3.8) is 0 Å². The predicted octanol–water partition coefficient (Wildman–Crippen LogP) is 32.9. The Bertz CT molecular complexity index is 6790. The summed E-state index contributed by atoms with van der Waals surface area (Å²) in [5.41, 5.74) is 47.9. The third-order valence-corrected chi connectivity index (χ3v) is 28.6. The summed E-state index contributed by atoms with van der Waals surface area (Å²) in [5.74, 6) is 0. The zero-order chi connectivity index (χ0) is 85.2. The van der Waals surface area contributed by atoms with Crippen LogP contribution in [-0.4, -0.2) is 0 Å². The second-order valence-electron chi connectivity index (χ2n) is 40.1. The van der Waals surface area contributed by atoms with E-state index in [1.807, 2.05) is 6.07 Å². The van der Waals surface area contributed by atoms with E-state index in [0.29, 0.717) is 0 Å². The van der Waals surface area contributed by atoms with Gasteiger partial charge >= 0.3 is 0 Å². The SMILES string of the molecule is CC(C)(C)c1ccc2c(c1)C1(c3cc(C(C)(C)C)ccc3-2)c2ccccc2-c2cccc(Br)c21.CC(C)(C)c1ccc2c(c1)C1(c3cc(C(C)(C)C)ccc3-2)c2ccccc2-c2cccc(N(c3ccc(-c4ccccc4)cc3)c3ccc4c(c3)C(C)(C)c3ccccc3-4)c21.CC1(C)c2ccccc2-c2ccc(Nc3ccc(-c4ccccc4)cc3)cc21. The van der Waals surface area contributed by atoms with Gasteiger partial charge in [0.2, 0.25) is 0 Å².